The predicted molar refractivity (Wildman–Crippen MR) is 143 cm³/mol. The van der Waals surface area contributed by atoms with Gasteiger partial charge in [-0.3, -0.25) is 4.99 Å². The lowest BCUT2D eigenvalue weighted by Crippen LogP contribution is -2.38. The first-order valence-electron chi connectivity index (χ1n) is 12.5. The number of rotatable bonds is 7. The second-order valence-electron chi connectivity index (χ2n) is 10.5. The van der Waals surface area contributed by atoms with E-state index >= 15 is 4.39 Å². The van der Waals surface area contributed by atoms with Gasteiger partial charge in [0.05, 0.1) is 12.1 Å². The lowest BCUT2D eigenvalue weighted by atomic mass is 9.88. The van der Waals surface area contributed by atoms with Crippen LogP contribution in [0.2, 0.25) is 0 Å². The molecular weight excluding hydrogens is 489 g/mol. The zero-order valence-electron chi connectivity index (χ0n) is 22.1. The van der Waals surface area contributed by atoms with E-state index in [9.17, 15) is 5.11 Å². The molecule has 2 heterocycles. The number of anilines is 1. The van der Waals surface area contributed by atoms with Gasteiger partial charge in [-0.05, 0) is 23.6 Å². The summed E-state index contributed by atoms with van der Waals surface area (Å²) in [5, 5.41) is 18.7. The number of dihydropyridines is 1. The number of fused-ring (bicyclic) bond motifs is 2. The van der Waals surface area contributed by atoms with Gasteiger partial charge in [-0.15, -0.1) is 0 Å². The molecule has 8 nitrogen and oxygen atoms in total. The van der Waals surface area contributed by atoms with Crippen LogP contribution in [-0.4, -0.2) is 48.9 Å². The van der Waals surface area contributed by atoms with Crippen molar-refractivity contribution in [3.63, 3.8) is 0 Å². The smallest absolute Gasteiger partial charge is 0.173 e. The lowest BCUT2D eigenvalue weighted by Gasteiger charge is -2.34. The van der Waals surface area contributed by atoms with Gasteiger partial charge in [-0.25, -0.2) is 4.39 Å². The molecule has 4 unspecified atom stereocenters. The van der Waals surface area contributed by atoms with Crippen molar-refractivity contribution in [3.05, 3.63) is 77.0 Å². The molecule has 9 heteroatoms. The van der Waals surface area contributed by atoms with Gasteiger partial charge in [-0.1, -0.05) is 50.2 Å². The number of nitrogens with zero attached hydrogens (tertiary/aromatic N) is 2. The SMILES string of the molecule is COC1C=C2C(Oc3ccc4c(C(O)Nc5cc(C(C)(C)C)on5)cccc4c3F)=CC=NC2CC1OC. The Kier molecular flexibility index (Phi) is 7.09. The number of allylic oxidation sites excluding steroid dienone is 1. The summed E-state index contributed by atoms with van der Waals surface area (Å²) in [5.41, 5.74) is 1.11. The molecule has 38 heavy (non-hydrogen) atoms. The number of benzene rings is 2. The summed E-state index contributed by atoms with van der Waals surface area (Å²) in [6, 6.07) is 9.99. The number of ether oxygens (including phenoxy) is 3. The summed E-state index contributed by atoms with van der Waals surface area (Å²) in [6.07, 6.45) is 4.44. The fourth-order valence-electron chi connectivity index (χ4n) is 4.79. The summed E-state index contributed by atoms with van der Waals surface area (Å²) in [4.78, 5) is 4.54. The normalized spacial score (nSPS) is 22.0. The van der Waals surface area contributed by atoms with Gasteiger partial charge in [0.25, 0.3) is 0 Å². The first-order valence-corrected chi connectivity index (χ1v) is 12.5. The van der Waals surface area contributed by atoms with Gasteiger partial charge in [0.15, 0.2) is 23.6 Å². The lowest BCUT2D eigenvalue weighted by molar-refractivity contribution is -0.0227. The second kappa shape index (κ2) is 10.3. The zero-order valence-corrected chi connectivity index (χ0v) is 22.1. The molecule has 0 bridgehead atoms. The number of nitrogens with one attached hydrogen (secondary N) is 1. The van der Waals surface area contributed by atoms with Gasteiger partial charge < -0.3 is 29.2 Å². The van der Waals surface area contributed by atoms with E-state index < -0.39 is 12.0 Å². The molecule has 0 saturated carbocycles. The fourth-order valence-corrected chi connectivity index (χ4v) is 4.79. The number of aromatic nitrogens is 1. The van der Waals surface area contributed by atoms with Crippen molar-refractivity contribution in [2.45, 2.75) is 57.1 Å². The molecule has 1 aliphatic carbocycles. The maximum atomic E-state index is 15.7. The van der Waals surface area contributed by atoms with E-state index in [0.717, 1.165) is 5.57 Å². The molecular formula is C29H32FN3O5. The highest BCUT2D eigenvalue weighted by molar-refractivity contribution is 5.88. The van der Waals surface area contributed by atoms with E-state index in [4.69, 9.17) is 18.7 Å². The number of halogens is 1. The molecule has 0 spiro atoms. The van der Waals surface area contributed by atoms with Crippen molar-refractivity contribution in [1.29, 1.82) is 0 Å². The van der Waals surface area contributed by atoms with Crippen molar-refractivity contribution >= 4 is 22.8 Å². The average molecular weight is 522 g/mol. The Morgan fingerprint density at radius 3 is 2.66 bits per heavy atom. The molecule has 4 atom stereocenters. The van der Waals surface area contributed by atoms with Crippen molar-refractivity contribution < 1.29 is 28.2 Å². The number of hydrogen-bond donors (Lipinski definition) is 2. The van der Waals surface area contributed by atoms with Crippen molar-refractivity contribution in [3.8, 4) is 5.75 Å². The van der Waals surface area contributed by atoms with Gasteiger partial charge >= 0.3 is 0 Å². The molecule has 3 aromatic rings. The molecule has 200 valence electrons. The molecule has 2 aliphatic rings. The van der Waals surface area contributed by atoms with Crippen LogP contribution in [-0.2, 0) is 14.9 Å². The maximum absolute atomic E-state index is 15.7. The third-order valence-electron chi connectivity index (χ3n) is 6.92. The Morgan fingerprint density at radius 1 is 1.13 bits per heavy atom. The van der Waals surface area contributed by atoms with E-state index in [1.54, 1.807) is 62.9 Å². The second-order valence-corrected chi connectivity index (χ2v) is 10.5. The van der Waals surface area contributed by atoms with Crippen molar-refractivity contribution in [2.75, 3.05) is 19.5 Å². The summed E-state index contributed by atoms with van der Waals surface area (Å²) in [5.74, 6) is 1.14. The van der Waals surface area contributed by atoms with Gasteiger partial charge in [0.2, 0.25) is 0 Å². The average Bonchev–Trinajstić information content (AvgIpc) is 3.38. The van der Waals surface area contributed by atoms with Crippen LogP contribution < -0.4 is 10.1 Å². The zero-order chi connectivity index (χ0) is 27.0. The van der Waals surface area contributed by atoms with Gasteiger partial charge in [0.1, 0.15) is 17.6 Å². The number of aliphatic hydroxyl groups excluding tert-OH is 1. The quantitative estimate of drug-likeness (QED) is 0.399. The maximum Gasteiger partial charge on any atom is 0.173 e. The van der Waals surface area contributed by atoms with Crippen LogP contribution in [0.1, 0.15) is 44.7 Å². The Morgan fingerprint density at radius 2 is 1.95 bits per heavy atom. The molecule has 0 amide bonds. The minimum absolute atomic E-state index is 0.0763. The highest BCUT2D eigenvalue weighted by Gasteiger charge is 2.34. The number of methoxy groups -OCH3 is 2. The van der Waals surface area contributed by atoms with E-state index in [1.807, 2.05) is 26.8 Å². The van der Waals surface area contributed by atoms with Gasteiger partial charge in [0, 0.05) is 54.9 Å². The Hall–Kier alpha value is -3.53. The fraction of sp³-hybridized carbons (Fsp3) is 0.379. The van der Waals surface area contributed by atoms with Gasteiger partial charge in [-0.2, -0.15) is 0 Å². The standard InChI is InChI=1S/C29H32FN3O5/c1-29(2,3)25-15-26(33-38-25)32-28(34)18-8-6-7-17-16(18)9-10-22(27(17)30)37-21-11-12-31-20-14-24(36-5)23(35-4)13-19(20)21/h6-13,15,20,23-24,28,34H,14H2,1-5H3,(H,32,33). The summed E-state index contributed by atoms with van der Waals surface area (Å²) >= 11 is 0. The third-order valence-corrected chi connectivity index (χ3v) is 6.92. The highest BCUT2D eigenvalue weighted by Crippen LogP contribution is 2.36. The molecule has 5 rings (SSSR count). The first kappa shape index (κ1) is 26.1. The highest BCUT2D eigenvalue weighted by atomic mass is 19.1. The monoisotopic (exact) mass is 521 g/mol. The van der Waals surface area contributed by atoms with Crippen LogP contribution >= 0.6 is 0 Å². The summed E-state index contributed by atoms with van der Waals surface area (Å²) < 4.78 is 38.3. The first-order chi connectivity index (χ1) is 18.2. The molecule has 0 radical (unpaired) electrons. The minimum Gasteiger partial charge on any atom is -0.454 e. The van der Waals surface area contributed by atoms with E-state index in [1.165, 1.54) is 0 Å². The molecule has 0 fully saturated rings. The van der Waals surface area contributed by atoms with Crippen LogP contribution in [0.15, 0.2) is 69.4 Å². The largest absolute Gasteiger partial charge is 0.454 e. The molecule has 0 saturated heterocycles. The molecule has 2 N–H and O–H groups in total. The summed E-state index contributed by atoms with van der Waals surface area (Å²) in [7, 11) is 3.27. The Labute approximate surface area is 220 Å². The predicted octanol–water partition coefficient (Wildman–Crippen LogP) is 5.44. The Balaban J connectivity index is 1.41. The van der Waals surface area contributed by atoms with E-state index in [0.29, 0.717) is 40.1 Å². The minimum atomic E-state index is -1.13. The van der Waals surface area contributed by atoms with E-state index in [2.05, 4.69) is 15.5 Å². The van der Waals surface area contributed by atoms with Crippen LogP contribution in [0, 0.1) is 5.82 Å². The molecule has 1 aliphatic heterocycles. The summed E-state index contributed by atoms with van der Waals surface area (Å²) in [6.45, 7) is 6.02. The molecule has 1 aromatic heterocycles. The number of aliphatic hydroxyl groups is 1. The number of aliphatic imine (C=N–C) groups is 1. The molecule has 2 aromatic carbocycles. The topological polar surface area (TPSA) is 98.3 Å². The Bertz CT molecular complexity index is 1420. The van der Waals surface area contributed by atoms with Crippen molar-refractivity contribution in [1.82, 2.24) is 5.16 Å². The van der Waals surface area contributed by atoms with Crippen LogP contribution in [0.25, 0.3) is 10.8 Å². The van der Waals surface area contributed by atoms with Crippen LogP contribution in [0.4, 0.5) is 10.2 Å². The van der Waals surface area contributed by atoms with E-state index in [-0.39, 0.29) is 29.4 Å². The van der Waals surface area contributed by atoms with Crippen LogP contribution in [0.5, 0.6) is 5.75 Å². The number of hydrogen-bond acceptors (Lipinski definition) is 8. The third kappa shape index (κ3) is 4.97. The van der Waals surface area contributed by atoms with Crippen molar-refractivity contribution in [2.24, 2.45) is 4.99 Å². The van der Waals surface area contributed by atoms with Crippen LogP contribution in [0.3, 0.4) is 0 Å².